The summed E-state index contributed by atoms with van der Waals surface area (Å²) >= 11 is 0. The second-order valence-electron chi connectivity index (χ2n) is 8.05. The average Bonchev–Trinajstić information content (AvgIpc) is 2.71. The molecule has 0 spiro atoms. The Labute approximate surface area is 162 Å². The molecule has 0 bridgehead atoms. The van der Waals surface area contributed by atoms with Crippen LogP contribution in [0.25, 0.3) is 0 Å². The van der Waals surface area contributed by atoms with E-state index in [4.69, 9.17) is 0 Å². The summed E-state index contributed by atoms with van der Waals surface area (Å²) in [5.74, 6) is 0.207. The minimum atomic E-state index is 0.201. The average molecular weight is 366 g/mol. The van der Waals surface area contributed by atoms with Gasteiger partial charge in [-0.2, -0.15) is 0 Å². The van der Waals surface area contributed by atoms with Crippen molar-refractivity contribution in [1.29, 1.82) is 0 Å². The summed E-state index contributed by atoms with van der Waals surface area (Å²) in [7, 11) is 0. The maximum atomic E-state index is 12.6. The molecular weight excluding hydrogens is 334 g/mol. The Balaban J connectivity index is 1.24. The van der Waals surface area contributed by atoms with E-state index in [0.29, 0.717) is 6.54 Å². The second kappa shape index (κ2) is 8.68. The van der Waals surface area contributed by atoms with Gasteiger partial charge in [-0.25, -0.2) is 0 Å². The number of hydrogen-bond acceptors (Lipinski definition) is 1. The zero-order valence-corrected chi connectivity index (χ0v) is 16.0. The number of rotatable bonds is 5. The normalized spacial score (nSPS) is 24.8. The first-order chi connectivity index (χ1) is 13.3. The van der Waals surface area contributed by atoms with Gasteiger partial charge in [-0.3, -0.25) is 4.79 Å². The van der Waals surface area contributed by atoms with Crippen LogP contribution >= 0.6 is 0 Å². The summed E-state index contributed by atoms with van der Waals surface area (Å²) in [5, 5.41) is 3.31. The van der Waals surface area contributed by atoms with Gasteiger partial charge in [0.1, 0.15) is 32.7 Å². The highest BCUT2D eigenvalue weighted by Gasteiger charge is 2.27. The lowest BCUT2D eigenvalue weighted by atomic mass is 9.88. The highest BCUT2D eigenvalue weighted by molar-refractivity contribution is 5.77. The Kier molecular flexibility index (Phi) is 5.85. The fourth-order valence-electron chi connectivity index (χ4n) is 4.57. The number of amides is 1. The van der Waals surface area contributed by atoms with Gasteiger partial charge in [-0.1, -0.05) is 54.6 Å². The van der Waals surface area contributed by atoms with Crippen molar-refractivity contribution in [1.82, 2.24) is 5.32 Å². The van der Waals surface area contributed by atoms with E-state index >= 15 is 0 Å². The predicted molar refractivity (Wildman–Crippen MR) is 107 cm³/mol. The molecule has 4 heteroatoms. The lowest BCUT2D eigenvalue weighted by Crippen LogP contribution is -3.28. The van der Waals surface area contributed by atoms with Gasteiger partial charge in [0.15, 0.2) is 6.54 Å². The first-order valence-electron chi connectivity index (χ1n) is 10.4. The molecule has 27 heavy (non-hydrogen) atoms. The molecule has 2 aromatic carbocycles. The molecule has 0 unspecified atom stereocenters. The van der Waals surface area contributed by atoms with Crippen molar-refractivity contribution < 1.29 is 14.6 Å². The standard InChI is InChI=1S/C23H29N3O/c27-23(24-22-12-6-10-20-9-4-5-11-21(20)22)18-26-15-13-25(14-16-26)17-19-7-2-1-3-8-19/h1-5,7-9,11,22H,6,10,12-18H2,(H,24,27)/p+2/t22-/m1/s1. The molecule has 0 aromatic heterocycles. The van der Waals surface area contributed by atoms with E-state index in [0.717, 1.165) is 52.0 Å². The Bertz CT molecular complexity index is 753. The van der Waals surface area contributed by atoms with Crippen LogP contribution in [-0.4, -0.2) is 38.6 Å². The molecule has 2 aromatic rings. The van der Waals surface area contributed by atoms with Gasteiger partial charge in [0.25, 0.3) is 5.91 Å². The van der Waals surface area contributed by atoms with E-state index in [-0.39, 0.29) is 11.9 Å². The third kappa shape index (κ3) is 4.76. The Morgan fingerprint density at radius 1 is 0.926 bits per heavy atom. The molecule has 4 nitrogen and oxygen atoms in total. The molecule has 1 fully saturated rings. The number of hydrogen-bond donors (Lipinski definition) is 3. The zero-order chi connectivity index (χ0) is 18.5. The molecule has 2 aliphatic rings. The SMILES string of the molecule is O=C(C[NH+]1CC[NH+](Cc2ccccc2)CC1)N[C@@H]1CCCc2ccccc21. The molecule has 1 saturated heterocycles. The summed E-state index contributed by atoms with van der Waals surface area (Å²) < 4.78 is 0. The van der Waals surface area contributed by atoms with Crippen LogP contribution in [0.1, 0.15) is 35.6 Å². The molecule has 0 radical (unpaired) electrons. The predicted octanol–water partition coefficient (Wildman–Crippen LogP) is 0.164. The first kappa shape index (κ1) is 18.2. The van der Waals surface area contributed by atoms with Crippen molar-refractivity contribution in [2.75, 3.05) is 32.7 Å². The first-order valence-corrected chi connectivity index (χ1v) is 10.4. The van der Waals surface area contributed by atoms with Gasteiger partial charge in [-0.05, 0) is 30.4 Å². The molecule has 1 amide bonds. The number of carbonyl (C=O) groups excluding carboxylic acids is 1. The van der Waals surface area contributed by atoms with Crippen molar-refractivity contribution in [2.45, 2.75) is 31.8 Å². The maximum absolute atomic E-state index is 12.6. The number of nitrogens with one attached hydrogen (secondary N) is 3. The zero-order valence-electron chi connectivity index (χ0n) is 16.0. The summed E-state index contributed by atoms with van der Waals surface area (Å²) in [5.41, 5.74) is 4.13. The van der Waals surface area contributed by atoms with Crippen LogP contribution in [0.4, 0.5) is 0 Å². The van der Waals surface area contributed by atoms with Gasteiger partial charge >= 0.3 is 0 Å². The highest BCUT2D eigenvalue weighted by atomic mass is 16.2. The van der Waals surface area contributed by atoms with Crippen LogP contribution in [0.5, 0.6) is 0 Å². The number of quaternary nitrogens is 2. The van der Waals surface area contributed by atoms with Gasteiger partial charge in [0.2, 0.25) is 0 Å². The van der Waals surface area contributed by atoms with E-state index < -0.39 is 0 Å². The third-order valence-corrected chi connectivity index (χ3v) is 6.08. The molecule has 1 aliphatic carbocycles. The third-order valence-electron chi connectivity index (χ3n) is 6.08. The fraction of sp³-hybridized carbons (Fsp3) is 0.435. The monoisotopic (exact) mass is 365 g/mol. The van der Waals surface area contributed by atoms with E-state index in [2.05, 4.69) is 59.9 Å². The molecule has 142 valence electrons. The largest absolute Gasteiger partial charge is 0.344 e. The lowest BCUT2D eigenvalue weighted by Gasteiger charge is -2.30. The number of fused-ring (bicyclic) bond motifs is 1. The maximum Gasteiger partial charge on any atom is 0.275 e. The Hall–Kier alpha value is -2.17. The lowest BCUT2D eigenvalue weighted by molar-refractivity contribution is -1.02. The smallest absolute Gasteiger partial charge is 0.275 e. The van der Waals surface area contributed by atoms with Crippen LogP contribution in [0.15, 0.2) is 54.6 Å². The van der Waals surface area contributed by atoms with Crippen LogP contribution < -0.4 is 15.1 Å². The summed E-state index contributed by atoms with van der Waals surface area (Å²) in [4.78, 5) is 15.7. The number of carbonyl (C=O) groups is 1. The molecule has 1 aliphatic heterocycles. The quantitative estimate of drug-likeness (QED) is 0.694. The van der Waals surface area contributed by atoms with E-state index in [1.165, 1.54) is 21.6 Å². The van der Waals surface area contributed by atoms with Gasteiger partial charge in [0.05, 0.1) is 6.04 Å². The fourth-order valence-corrected chi connectivity index (χ4v) is 4.57. The number of aryl methyl sites for hydroxylation is 1. The number of benzene rings is 2. The Morgan fingerprint density at radius 3 is 2.44 bits per heavy atom. The number of piperazine rings is 1. The van der Waals surface area contributed by atoms with Crippen LogP contribution in [0, 0.1) is 0 Å². The second-order valence-corrected chi connectivity index (χ2v) is 8.05. The van der Waals surface area contributed by atoms with Crippen molar-refractivity contribution in [3.05, 3.63) is 71.3 Å². The minimum Gasteiger partial charge on any atom is -0.344 e. The van der Waals surface area contributed by atoms with Crippen LogP contribution in [0.3, 0.4) is 0 Å². The van der Waals surface area contributed by atoms with Crippen LogP contribution in [0.2, 0.25) is 0 Å². The summed E-state index contributed by atoms with van der Waals surface area (Å²) in [6.45, 7) is 6.15. The van der Waals surface area contributed by atoms with Crippen molar-refractivity contribution >= 4 is 5.91 Å². The minimum absolute atomic E-state index is 0.201. The summed E-state index contributed by atoms with van der Waals surface area (Å²) in [6, 6.07) is 19.5. The Morgan fingerprint density at radius 2 is 1.63 bits per heavy atom. The van der Waals surface area contributed by atoms with E-state index in [1.807, 2.05) is 0 Å². The van der Waals surface area contributed by atoms with E-state index in [1.54, 1.807) is 4.90 Å². The topological polar surface area (TPSA) is 38.0 Å². The molecule has 4 rings (SSSR count). The van der Waals surface area contributed by atoms with Crippen molar-refractivity contribution in [2.24, 2.45) is 0 Å². The molecular formula is C23H31N3O+2. The van der Waals surface area contributed by atoms with Crippen LogP contribution in [-0.2, 0) is 17.8 Å². The van der Waals surface area contributed by atoms with Gasteiger partial charge in [0, 0.05) is 5.56 Å². The highest BCUT2D eigenvalue weighted by Crippen LogP contribution is 2.29. The van der Waals surface area contributed by atoms with E-state index in [9.17, 15) is 4.79 Å². The molecule has 3 N–H and O–H groups in total. The van der Waals surface area contributed by atoms with Gasteiger partial charge in [-0.15, -0.1) is 0 Å². The molecule has 1 atom stereocenters. The summed E-state index contributed by atoms with van der Waals surface area (Å²) in [6.07, 6.45) is 3.36. The van der Waals surface area contributed by atoms with Gasteiger partial charge < -0.3 is 15.1 Å². The van der Waals surface area contributed by atoms with Crippen molar-refractivity contribution in [3.63, 3.8) is 0 Å². The van der Waals surface area contributed by atoms with Crippen molar-refractivity contribution in [3.8, 4) is 0 Å². The molecule has 0 saturated carbocycles. The molecule has 1 heterocycles.